The van der Waals surface area contributed by atoms with Crippen molar-refractivity contribution in [3.63, 3.8) is 0 Å². The monoisotopic (exact) mass is 232 g/mol. The molecule has 0 heterocycles. The van der Waals surface area contributed by atoms with Crippen LogP contribution in [-0.4, -0.2) is 16.9 Å². The van der Waals surface area contributed by atoms with Crippen molar-refractivity contribution in [2.24, 2.45) is 0 Å². The van der Waals surface area contributed by atoms with Crippen molar-refractivity contribution in [1.82, 2.24) is 0 Å². The largest absolute Gasteiger partial charge is 0.481 e. The third-order valence-electron chi connectivity index (χ3n) is 3.32. The fourth-order valence-corrected chi connectivity index (χ4v) is 2.31. The normalized spacial score (nSPS) is 19.5. The Labute approximate surface area is 100 Å². The highest BCUT2D eigenvalue weighted by Crippen LogP contribution is 2.31. The molecule has 0 aliphatic heterocycles. The van der Waals surface area contributed by atoms with Crippen LogP contribution in [0.2, 0.25) is 0 Å². The Kier molecular flexibility index (Phi) is 3.57. The van der Waals surface area contributed by atoms with E-state index in [2.05, 4.69) is 0 Å². The summed E-state index contributed by atoms with van der Waals surface area (Å²) in [4.78, 5) is 21.7. The van der Waals surface area contributed by atoms with Gasteiger partial charge < -0.3 is 5.11 Å². The first kappa shape index (κ1) is 11.8. The molecule has 0 saturated heterocycles. The molecule has 1 aliphatic carbocycles. The molecule has 3 nitrogen and oxygen atoms in total. The second-order valence-corrected chi connectivity index (χ2v) is 4.61. The van der Waals surface area contributed by atoms with E-state index < -0.39 is 5.97 Å². The van der Waals surface area contributed by atoms with E-state index in [1.54, 1.807) is 0 Å². The topological polar surface area (TPSA) is 54.4 Å². The summed E-state index contributed by atoms with van der Waals surface area (Å²) >= 11 is 0. The molecule has 90 valence electrons. The van der Waals surface area contributed by atoms with Gasteiger partial charge in [-0.2, -0.15) is 0 Å². The standard InChI is InChI=1S/C14H16O3/c15-13-7-6-12(9-13)11-4-1-10(2-5-11)3-8-14(16)17/h1-2,4-5,12H,3,6-9H2,(H,16,17). The molecular formula is C14H16O3. The Morgan fingerprint density at radius 1 is 1.29 bits per heavy atom. The fourth-order valence-electron chi connectivity index (χ4n) is 2.31. The lowest BCUT2D eigenvalue weighted by molar-refractivity contribution is -0.137. The maximum absolute atomic E-state index is 11.2. The number of rotatable bonds is 4. The summed E-state index contributed by atoms with van der Waals surface area (Å²) in [6, 6.07) is 8.00. The Hall–Kier alpha value is -1.64. The lowest BCUT2D eigenvalue weighted by Crippen LogP contribution is -1.98. The highest BCUT2D eigenvalue weighted by atomic mass is 16.4. The summed E-state index contributed by atoms with van der Waals surface area (Å²) in [6.45, 7) is 0. The molecule has 17 heavy (non-hydrogen) atoms. The van der Waals surface area contributed by atoms with Gasteiger partial charge in [0.15, 0.2) is 0 Å². The Balaban J connectivity index is 1.98. The molecule has 1 aromatic carbocycles. The second kappa shape index (κ2) is 5.13. The summed E-state index contributed by atoms with van der Waals surface area (Å²) < 4.78 is 0. The van der Waals surface area contributed by atoms with Crippen LogP contribution < -0.4 is 0 Å². The molecule has 0 radical (unpaired) electrons. The molecule has 0 aromatic heterocycles. The van der Waals surface area contributed by atoms with Gasteiger partial charge in [-0.05, 0) is 29.9 Å². The van der Waals surface area contributed by atoms with Crippen LogP contribution in [0.25, 0.3) is 0 Å². The third kappa shape index (κ3) is 3.16. The van der Waals surface area contributed by atoms with Gasteiger partial charge in [-0.1, -0.05) is 24.3 Å². The van der Waals surface area contributed by atoms with Crippen molar-refractivity contribution < 1.29 is 14.7 Å². The van der Waals surface area contributed by atoms with E-state index in [1.807, 2.05) is 24.3 Å². The molecule has 0 amide bonds. The van der Waals surface area contributed by atoms with Crippen LogP contribution in [0.15, 0.2) is 24.3 Å². The van der Waals surface area contributed by atoms with Crippen molar-refractivity contribution >= 4 is 11.8 Å². The highest BCUT2D eigenvalue weighted by Gasteiger charge is 2.23. The van der Waals surface area contributed by atoms with Crippen molar-refractivity contribution in [3.05, 3.63) is 35.4 Å². The average molecular weight is 232 g/mol. The Morgan fingerprint density at radius 3 is 2.53 bits per heavy atom. The van der Waals surface area contributed by atoms with Gasteiger partial charge in [0.05, 0.1) is 0 Å². The fraction of sp³-hybridized carbons (Fsp3) is 0.429. The van der Waals surface area contributed by atoms with E-state index in [0.717, 1.165) is 12.0 Å². The van der Waals surface area contributed by atoms with E-state index in [1.165, 1.54) is 5.56 Å². The number of carbonyl (C=O) groups excluding carboxylic acids is 1. The summed E-state index contributed by atoms with van der Waals surface area (Å²) in [5.41, 5.74) is 2.25. The van der Waals surface area contributed by atoms with Crippen LogP contribution in [0.5, 0.6) is 0 Å². The number of ketones is 1. The quantitative estimate of drug-likeness (QED) is 0.867. The number of Topliss-reactive ketones (excluding diaryl/α,β-unsaturated/α-hetero) is 1. The van der Waals surface area contributed by atoms with E-state index in [0.29, 0.717) is 31.0 Å². The second-order valence-electron chi connectivity index (χ2n) is 4.61. The Bertz CT molecular complexity index is 420. The Morgan fingerprint density at radius 2 is 2.00 bits per heavy atom. The summed E-state index contributed by atoms with van der Waals surface area (Å²) in [5.74, 6) is -0.0450. The first-order chi connectivity index (χ1) is 8.15. The molecule has 3 heteroatoms. The van der Waals surface area contributed by atoms with Gasteiger partial charge in [0.2, 0.25) is 0 Å². The summed E-state index contributed by atoms with van der Waals surface area (Å²) in [7, 11) is 0. The predicted molar refractivity (Wildman–Crippen MR) is 64.0 cm³/mol. The number of hydrogen-bond acceptors (Lipinski definition) is 2. The third-order valence-corrected chi connectivity index (χ3v) is 3.32. The van der Waals surface area contributed by atoms with E-state index >= 15 is 0 Å². The lowest BCUT2D eigenvalue weighted by Gasteiger charge is -2.09. The molecular weight excluding hydrogens is 216 g/mol. The zero-order chi connectivity index (χ0) is 12.3. The minimum Gasteiger partial charge on any atom is -0.481 e. The molecule has 1 saturated carbocycles. The molecule has 0 spiro atoms. The summed E-state index contributed by atoms with van der Waals surface area (Å²) in [5, 5.41) is 8.59. The summed E-state index contributed by atoms with van der Waals surface area (Å²) in [6.07, 6.45) is 3.05. The number of carboxylic acids is 1. The van der Waals surface area contributed by atoms with Gasteiger partial charge in [0.25, 0.3) is 0 Å². The number of aryl methyl sites for hydroxylation is 1. The maximum Gasteiger partial charge on any atom is 0.303 e. The van der Waals surface area contributed by atoms with Crippen molar-refractivity contribution in [3.8, 4) is 0 Å². The minimum absolute atomic E-state index is 0.168. The highest BCUT2D eigenvalue weighted by molar-refractivity contribution is 5.81. The van der Waals surface area contributed by atoms with Crippen molar-refractivity contribution in [2.75, 3.05) is 0 Å². The molecule has 2 rings (SSSR count). The van der Waals surface area contributed by atoms with Gasteiger partial charge in [0, 0.05) is 19.3 Å². The van der Waals surface area contributed by atoms with Crippen molar-refractivity contribution in [2.45, 2.75) is 38.0 Å². The minimum atomic E-state index is -0.768. The first-order valence-corrected chi connectivity index (χ1v) is 5.97. The molecule has 1 aliphatic rings. The zero-order valence-electron chi connectivity index (χ0n) is 9.69. The van der Waals surface area contributed by atoms with Crippen LogP contribution >= 0.6 is 0 Å². The number of carboxylic acid groups (broad SMARTS) is 1. The molecule has 1 unspecified atom stereocenters. The molecule has 1 aromatic rings. The predicted octanol–water partition coefficient (Wildman–Crippen LogP) is 2.54. The number of aliphatic carboxylic acids is 1. The zero-order valence-corrected chi connectivity index (χ0v) is 9.69. The van der Waals surface area contributed by atoms with Gasteiger partial charge in [0.1, 0.15) is 5.78 Å². The van der Waals surface area contributed by atoms with Crippen LogP contribution in [0, 0.1) is 0 Å². The molecule has 1 N–H and O–H groups in total. The van der Waals surface area contributed by atoms with Crippen LogP contribution in [-0.2, 0) is 16.0 Å². The number of benzene rings is 1. The SMILES string of the molecule is O=C(O)CCc1ccc(C2CCC(=O)C2)cc1. The van der Waals surface area contributed by atoms with Gasteiger partial charge in [-0.3, -0.25) is 9.59 Å². The average Bonchev–Trinajstić information content (AvgIpc) is 2.74. The van der Waals surface area contributed by atoms with Crippen LogP contribution in [0.1, 0.15) is 42.7 Å². The van der Waals surface area contributed by atoms with Crippen molar-refractivity contribution in [1.29, 1.82) is 0 Å². The van der Waals surface area contributed by atoms with Crippen LogP contribution in [0.3, 0.4) is 0 Å². The van der Waals surface area contributed by atoms with Gasteiger partial charge in [-0.25, -0.2) is 0 Å². The number of hydrogen-bond donors (Lipinski definition) is 1. The van der Waals surface area contributed by atoms with Crippen LogP contribution in [0.4, 0.5) is 0 Å². The van der Waals surface area contributed by atoms with E-state index in [-0.39, 0.29) is 6.42 Å². The molecule has 1 fully saturated rings. The number of carbonyl (C=O) groups is 2. The van der Waals surface area contributed by atoms with E-state index in [9.17, 15) is 9.59 Å². The first-order valence-electron chi connectivity index (χ1n) is 5.97. The van der Waals surface area contributed by atoms with Gasteiger partial charge in [-0.15, -0.1) is 0 Å². The smallest absolute Gasteiger partial charge is 0.303 e. The lowest BCUT2D eigenvalue weighted by atomic mass is 9.96. The van der Waals surface area contributed by atoms with Gasteiger partial charge >= 0.3 is 5.97 Å². The maximum atomic E-state index is 11.2. The molecule has 1 atom stereocenters. The van der Waals surface area contributed by atoms with E-state index in [4.69, 9.17) is 5.11 Å². The molecule has 0 bridgehead atoms.